The van der Waals surface area contributed by atoms with Crippen LogP contribution in [0, 0.1) is 0 Å². The predicted molar refractivity (Wildman–Crippen MR) is 99.5 cm³/mol. The third kappa shape index (κ3) is 5.47. The van der Waals surface area contributed by atoms with E-state index in [0.717, 1.165) is 10.6 Å². The first-order valence-corrected chi connectivity index (χ1v) is 8.65. The van der Waals surface area contributed by atoms with E-state index in [1.807, 2.05) is 24.3 Å². The van der Waals surface area contributed by atoms with Gasteiger partial charge in [0.1, 0.15) is 6.04 Å². The molecule has 0 bridgehead atoms. The molecular formula is C17H18ClN3O2S. The Bertz CT molecular complexity index is 739. The number of thioether (sulfide) groups is 1. The minimum absolute atomic E-state index is 0.182. The van der Waals surface area contributed by atoms with Crippen molar-refractivity contribution in [3.8, 4) is 0 Å². The number of benzene rings is 2. The first kappa shape index (κ1) is 18.2. The highest BCUT2D eigenvalue weighted by Crippen LogP contribution is 2.27. The van der Waals surface area contributed by atoms with Crippen LogP contribution in [0.25, 0.3) is 0 Å². The van der Waals surface area contributed by atoms with Crippen LogP contribution in [0.4, 0.5) is 11.4 Å². The Morgan fingerprint density at radius 2 is 1.96 bits per heavy atom. The average Bonchev–Trinajstić information content (AvgIpc) is 2.54. The number of hydrogen-bond donors (Lipinski definition) is 3. The molecule has 0 saturated heterocycles. The van der Waals surface area contributed by atoms with Gasteiger partial charge in [-0.25, -0.2) is 0 Å². The smallest absolute Gasteiger partial charge is 0.246 e. The summed E-state index contributed by atoms with van der Waals surface area (Å²) in [6.45, 7) is 1.76. The van der Waals surface area contributed by atoms with Crippen LogP contribution in [-0.4, -0.2) is 23.6 Å². The van der Waals surface area contributed by atoms with E-state index in [1.165, 1.54) is 11.8 Å². The molecule has 5 nitrogen and oxygen atoms in total. The molecule has 7 heteroatoms. The average molecular weight is 364 g/mol. The van der Waals surface area contributed by atoms with Gasteiger partial charge < -0.3 is 16.4 Å². The molecule has 0 heterocycles. The highest BCUT2D eigenvalue weighted by Gasteiger charge is 2.15. The van der Waals surface area contributed by atoms with Crippen molar-refractivity contribution < 1.29 is 9.59 Å². The monoisotopic (exact) mass is 363 g/mol. The zero-order valence-electron chi connectivity index (χ0n) is 13.1. The summed E-state index contributed by atoms with van der Waals surface area (Å²) < 4.78 is 0. The maximum atomic E-state index is 12.3. The first-order chi connectivity index (χ1) is 11.5. The highest BCUT2D eigenvalue weighted by atomic mass is 35.5. The van der Waals surface area contributed by atoms with Crippen LogP contribution in [0.3, 0.4) is 0 Å². The van der Waals surface area contributed by atoms with Crippen molar-refractivity contribution in [1.82, 2.24) is 0 Å². The fraction of sp³-hybridized carbons (Fsp3) is 0.176. The number of para-hydroxylation sites is 1. The number of carbonyl (C=O) groups excluding carboxylic acids is 2. The van der Waals surface area contributed by atoms with Gasteiger partial charge in [-0.1, -0.05) is 29.8 Å². The predicted octanol–water partition coefficient (Wildman–Crippen LogP) is 3.36. The molecule has 0 aliphatic rings. The second kappa shape index (κ2) is 8.61. The van der Waals surface area contributed by atoms with Crippen molar-refractivity contribution in [2.75, 3.05) is 16.4 Å². The molecular weight excluding hydrogens is 346 g/mol. The number of carbonyl (C=O) groups is 2. The summed E-state index contributed by atoms with van der Waals surface area (Å²) in [5, 5.41) is 6.51. The van der Waals surface area contributed by atoms with Crippen molar-refractivity contribution in [3.05, 3.63) is 53.6 Å². The summed E-state index contributed by atoms with van der Waals surface area (Å²) in [6, 6.07) is 13.9. The lowest BCUT2D eigenvalue weighted by molar-refractivity contribution is -0.117. The lowest BCUT2D eigenvalue weighted by Crippen LogP contribution is -2.32. The lowest BCUT2D eigenvalue weighted by atomic mass is 10.2. The van der Waals surface area contributed by atoms with E-state index < -0.39 is 6.04 Å². The number of nitrogens with one attached hydrogen (secondary N) is 2. The van der Waals surface area contributed by atoms with Crippen molar-refractivity contribution >= 4 is 46.6 Å². The summed E-state index contributed by atoms with van der Waals surface area (Å²) in [5.41, 5.74) is 6.59. The summed E-state index contributed by atoms with van der Waals surface area (Å²) in [6.07, 6.45) is 0. The Labute approximate surface area is 150 Å². The molecule has 0 saturated carbocycles. The highest BCUT2D eigenvalue weighted by molar-refractivity contribution is 8.00. The molecule has 0 aliphatic heterocycles. The van der Waals surface area contributed by atoms with E-state index in [4.69, 9.17) is 17.3 Å². The Balaban J connectivity index is 2.02. The van der Waals surface area contributed by atoms with Gasteiger partial charge in [-0.2, -0.15) is 0 Å². The van der Waals surface area contributed by atoms with Crippen LogP contribution in [0.2, 0.25) is 5.02 Å². The van der Waals surface area contributed by atoms with Gasteiger partial charge in [0, 0.05) is 21.3 Å². The second-order valence-electron chi connectivity index (χ2n) is 5.12. The zero-order chi connectivity index (χ0) is 17.5. The Hall–Kier alpha value is -2.18. The molecule has 0 radical (unpaired) electrons. The topological polar surface area (TPSA) is 84.2 Å². The molecule has 0 fully saturated rings. The SMILES string of the molecule is C[C@@H](Nc1ccccc1SCC(N)=O)C(=O)Nc1cccc(Cl)c1. The number of halogens is 1. The van der Waals surface area contributed by atoms with E-state index in [1.54, 1.807) is 31.2 Å². The fourth-order valence-electron chi connectivity index (χ4n) is 1.98. The van der Waals surface area contributed by atoms with E-state index in [9.17, 15) is 9.59 Å². The van der Waals surface area contributed by atoms with Crippen molar-refractivity contribution in [3.63, 3.8) is 0 Å². The fourth-order valence-corrected chi connectivity index (χ4v) is 2.92. The Kier molecular flexibility index (Phi) is 6.52. The van der Waals surface area contributed by atoms with Gasteiger partial charge in [0.15, 0.2) is 0 Å². The number of nitrogens with two attached hydrogens (primary N) is 1. The maximum absolute atomic E-state index is 12.3. The first-order valence-electron chi connectivity index (χ1n) is 7.29. The van der Waals surface area contributed by atoms with Crippen LogP contribution >= 0.6 is 23.4 Å². The molecule has 0 spiro atoms. The minimum Gasteiger partial charge on any atom is -0.373 e. The molecule has 126 valence electrons. The summed E-state index contributed by atoms with van der Waals surface area (Å²) in [5.74, 6) is -0.393. The van der Waals surface area contributed by atoms with E-state index in [0.29, 0.717) is 10.7 Å². The Morgan fingerprint density at radius 3 is 2.67 bits per heavy atom. The summed E-state index contributed by atoms with van der Waals surface area (Å²) in [4.78, 5) is 24.1. The van der Waals surface area contributed by atoms with Gasteiger partial charge in [-0.05, 0) is 37.3 Å². The lowest BCUT2D eigenvalue weighted by Gasteiger charge is -2.17. The summed E-state index contributed by atoms with van der Waals surface area (Å²) in [7, 11) is 0. The number of hydrogen-bond acceptors (Lipinski definition) is 4. The second-order valence-corrected chi connectivity index (χ2v) is 6.57. The molecule has 2 aromatic carbocycles. The molecule has 2 aromatic rings. The number of primary amides is 1. The van der Waals surface area contributed by atoms with Gasteiger partial charge in [0.2, 0.25) is 11.8 Å². The number of rotatable bonds is 7. The van der Waals surface area contributed by atoms with Crippen molar-refractivity contribution in [2.45, 2.75) is 17.9 Å². The normalized spacial score (nSPS) is 11.6. The van der Waals surface area contributed by atoms with E-state index in [-0.39, 0.29) is 17.6 Å². The Morgan fingerprint density at radius 1 is 1.21 bits per heavy atom. The van der Waals surface area contributed by atoms with Gasteiger partial charge >= 0.3 is 0 Å². The number of amides is 2. The zero-order valence-corrected chi connectivity index (χ0v) is 14.7. The van der Waals surface area contributed by atoms with Crippen molar-refractivity contribution in [2.24, 2.45) is 5.73 Å². The van der Waals surface area contributed by atoms with E-state index >= 15 is 0 Å². The van der Waals surface area contributed by atoms with Crippen LogP contribution in [0.15, 0.2) is 53.4 Å². The minimum atomic E-state index is -0.473. The molecule has 24 heavy (non-hydrogen) atoms. The third-order valence-electron chi connectivity index (χ3n) is 3.11. The van der Waals surface area contributed by atoms with Gasteiger partial charge in [0.25, 0.3) is 0 Å². The van der Waals surface area contributed by atoms with E-state index in [2.05, 4.69) is 10.6 Å². The maximum Gasteiger partial charge on any atom is 0.246 e. The standard InChI is InChI=1S/C17H18ClN3O2S/c1-11(17(23)21-13-6-4-5-12(18)9-13)20-14-7-2-3-8-15(14)24-10-16(19)22/h2-9,11,20H,10H2,1H3,(H2,19,22)(H,21,23)/t11-/m1/s1. The van der Waals surface area contributed by atoms with Gasteiger partial charge in [0.05, 0.1) is 5.75 Å². The third-order valence-corrected chi connectivity index (χ3v) is 4.45. The molecule has 1 atom stereocenters. The summed E-state index contributed by atoms with van der Waals surface area (Å²) >= 11 is 7.24. The van der Waals surface area contributed by atoms with Crippen molar-refractivity contribution in [1.29, 1.82) is 0 Å². The van der Waals surface area contributed by atoms with Crippen LogP contribution in [-0.2, 0) is 9.59 Å². The molecule has 0 aliphatic carbocycles. The molecule has 4 N–H and O–H groups in total. The molecule has 0 unspecified atom stereocenters. The number of anilines is 2. The molecule has 2 rings (SSSR count). The quantitative estimate of drug-likeness (QED) is 0.658. The molecule has 2 amide bonds. The molecule has 0 aromatic heterocycles. The largest absolute Gasteiger partial charge is 0.373 e. The van der Waals surface area contributed by atoms with Gasteiger partial charge in [-0.15, -0.1) is 11.8 Å². The van der Waals surface area contributed by atoms with Crippen LogP contribution in [0.5, 0.6) is 0 Å². The van der Waals surface area contributed by atoms with Crippen LogP contribution in [0.1, 0.15) is 6.92 Å². The van der Waals surface area contributed by atoms with Crippen LogP contribution < -0.4 is 16.4 Å². The van der Waals surface area contributed by atoms with Gasteiger partial charge in [-0.3, -0.25) is 9.59 Å².